The number of hydrogen-bond donors (Lipinski definition) is 0. The maximum atomic E-state index is 7.78. The summed E-state index contributed by atoms with van der Waals surface area (Å²) in [7, 11) is -2.41. The SMILES string of the molecule is CC(C)[Si](O[C@@H]1C[C@H](OCc2ccccc2)[C@@H](COCc2ccccc2)O[C@@]1(C)[C@@H](CC(Cl)Sc1ccccc1)OCc1ccccc1)(C(C)C)C(C)C. The van der Waals surface area contributed by atoms with Crippen LogP contribution in [-0.4, -0.2) is 49.7 Å². The minimum Gasteiger partial charge on any atom is -0.410 e. The van der Waals surface area contributed by atoms with Crippen LogP contribution in [0.15, 0.2) is 126 Å². The van der Waals surface area contributed by atoms with Crippen LogP contribution in [0.4, 0.5) is 0 Å². The Balaban J connectivity index is 1.53. The zero-order valence-corrected chi connectivity index (χ0v) is 35.8. The highest BCUT2D eigenvalue weighted by Gasteiger charge is 2.57. The average Bonchev–Trinajstić information content (AvgIpc) is 3.16. The van der Waals surface area contributed by atoms with Crippen LogP contribution in [0.3, 0.4) is 0 Å². The van der Waals surface area contributed by atoms with Crippen molar-refractivity contribution >= 4 is 31.7 Å². The van der Waals surface area contributed by atoms with Gasteiger partial charge in [-0.3, -0.25) is 0 Å². The third-order valence-corrected chi connectivity index (χ3v) is 18.5. The summed E-state index contributed by atoms with van der Waals surface area (Å²) in [6.45, 7) is 18.0. The molecule has 4 aromatic rings. The zero-order valence-electron chi connectivity index (χ0n) is 33.2. The van der Waals surface area contributed by atoms with Crippen molar-refractivity contribution < 1.29 is 23.4 Å². The molecule has 0 aromatic heterocycles. The molecule has 1 aliphatic rings. The number of rotatable bonds is 20. The Bertz CT molecular complexity index is 1610. The molecule has 1 heterocycles. The van der Waals surface area contributed by atoms with E-state index in [9.17, 15) is 0 Å². The second kappa shape index (κ2) is 20.6. The minimum atomic E-state index is -2.41. The maximum absolute atomic E-state index is 7.78. The third kappa shape index (κ3) is 11.3. The smallest absolute Gasteiger partial charge is 0.200 e. The van der Waals surface area contributed by atoms with Crippen molar-refractivity contribution in [2.75, 3.05) is 6.61 Å². The Morgan fingerprint density at radius 3 is 1.70 bits per heavy atom. The molecule has 54 heavy (non-hydrogen) atoms. The molecular weight excluding hydrogens is 728 g/mol. The van der Waals surface area contributed by atoms with Crippen molar-refractivity contribution in [1.29, 1.82) is 0 Å². The van der Waals surface area contributed by atoms with Crippen LogP contribution >= 0.6 is 23.4 Å². The van der Waals surface area contributed by atoms with E-state index < -0.39 is 20.0 Å². The van der Waals surface area contributed by atoms with Crippen LogP contribution in [0.5, 0.6) is 0 Å². The van der Waals surface area contributed by atoms with Gasteiger partial charge in [0.05, 0.1) is 49.4 Å². The molecule has 1 unspecified atom stereocenters. The number of thioether (sulfide) groups is 1. The first-order chi connectivity index (χ1) is 26.0. The number of benzene rings is 4. The van der Waals surface area contributed by atoms with E-state index in [1.54, 1.807) is 11.8 Å². The monoisotopic (exact) mass is 788 g/mol. The summed E-state index contributed by atoms with van der Waals surface area (Å²) in [5.41, 5.74) is 3.62. The molecule has 5 rings (SSSR count). The molecule has 0 aliphatic carbocycles. The lowest BCUT2D eigenvalue weighted by molar-refractivity contribution is -0.275. The summed E-state index contributed by atoms with van der Waals surface area (Å²) in [5, 5.41) is 0. The van der Waals surface area contributed by atoms with Gasteiger partial charge in [0.15, 0.2) is 0 Å². The lowest BCUT2D eigenvalue weighted by atomic mass is 9.83. The predicted molar refractivity (Wildman–Crippen MR) is 227 cm³/mol. The molecule has 1 fully saturated rings. The standard InChI is InChI=1S/C46H61ClO5SSi/c1-34(2)54(35(3)4,36(5)6)52-44-28-41(49-31-38-22-14-9-15-23-38)42(33-48-30-37-20-12-8-13-21-37)51-46(44,7)43(50-32-39-24-16-10-17-25-39)29-45(47)53-40-26-18-11-19-27-40/h8-27,34-36,41-45H,28-33H2,1-7H3/t41-,42+,43+,44+,45?,46-/m0/s1. The van der Waals surface area contributed by atoms with Gasteiger partial charge in [-0.15, -0.1) is 23.4 Å². The van der Waals surface area contributed by atoms with Crippen molar-refractivity contribution in [2.24, 2.45) is 0 Å². The lowest BCUT2D eigenvalue weighted by Gasteiger charge is -2.55. The first kappa shape index (κ1) is 42.7. The first-order valence-electron chi connectivity index (χ1n) is 19.6. The van der Waals surface area contributed by atoms with E-state index >= 15 is 0 Å². The summed E-state index contributed by atoms with van der Waals surface area (Å²) >= 11 is 8.94. The van der Waals surface area contributed by atoms with E-state index in [1.807, 2.05) is 48.5 Å². The van der Waals surface area contributed by atoms with Crippen molar-refractivity contribution in [3.05, 3.63) is 138 Å². The largest absolute Gasteiger partial charge is 0.410 e. The Labute approximate surface area is 335 Å². The van der Waals surface area contributed by atoms with Gasteiger partial charge in [-0.2, -0.15) is 0 Å². The summed E-state index contributed by atoms with van der Waals surface area (Å²) in [4.78, 5) is 1.12. The van der Waals surface area contributed by atoms with Crippen LogP contribution in [0.2, 0.25) is 16.6 Å². The van der Waals surface area contributed by atoms with Crippen LogP contribution in [-0.2, 0) is 43.2 Å². The van der Waals surface area contributed by atoms with Gasteiger partial charge >= 0.3 is 0 Å². The number of ether oxygens (including phenoxy) is 4. The van der Waals surface area contributed by atoms with Crippen LogP contribution < -0.4 is 0 Å². The number of hydrogen-bond acceptors (Lipinski definition) is 6. The highest BCUT2D eigenvalue weighted by atomic mass is 35.5. The fraction of sp³-hybridized carbons (Fsp3) is 0.478. The van der Waals surface area contributed by atoms with Crippen LogP contribution in [0, 0.1) is 0 Å². The molecule has 4 aromatic carbocycles. The number of alkyl halides is 1. The minimum absolute atomic E-state index is 0.266. The fourth-order valence-corrected chi connectivity index (χ4v) is 15.2. The first-order valence-corrected chi connectivity index (χ1v) is 23.1. The highest BCUT2D eigenvalue weighted by Crippen LogP contribution is 2.48. The Kier molecular flexibility index (Phi) is 16.3. The van der Waals surface area contributed by atoms with Crippen molar-refractivity contribution in [3.8, 4) is 0 Å². The Hall–Kier alpha value is -2.46. The molecule has 0 saturated carbocycles. The molecule has 8 heteroatoms. The molecule has 292 valence electrons. The molecule has 0 amide bonds. The van der Waals surface area contributed by atoms with E-state index in [0.717, 1.165) is 21.6 Å². The maximum Gasteiger partial charge on any atom is 0.200 e. The van der Waals surface area contributed by atoms with Gasteiger partial charge < -0.3 is 23.4 Å². The molecule has 1 saturated heterocycles. The second-order valence-corrected chi connectivity index (χ2v) is 23.2. The normalized spacial score (nSPS) is 21.8. The molecule has 1 aliphatic heterocycles. The van der Waals surface area contributed by atoms with Gasteiger partial charge in [0.2, 0.25) is 8.32 Å². The Morgan fingerprint density at radius 1 is 0.704 bits per heavy atom. The molecular formula is C46H61ClO5SSi. The molecule has 5 nitrogen and oxygen atoms in total. The van der Waals surface area contributed by atoms with Gasteiger partial charge in [-0.25, -0.2) is 0 Å². The molecule has 0 bridgehead atoms. The van der Waals surface area contributed by atoms with E-state index in [2.05, 4.69) is 121 Å². The molecule has 0 N–H and O–H groups in total. The van der Waals surface area contributed by atoms with Gasteiger partial charge in [-0.1, -0.05) is 151 Å². The third-order valence-electron chi connectivity index (χ3n) is 11.0. The average molecular weight is 790 g/mol. The highest BCUT2D eigenvalue weighted by molar-refractivity contribution is 8.01. The number of halogens is 1. The summed E-state index contributed by atoms with van der Waals surface area (Å²) in [6, 6.07) is 41.3. The zero-order chi connectivity index (χ0) is 38.6. The van der Waals surface area contributed by atoms with E-state index in [-0.39, 0.29) is 23.0 Å². The van der Waals surface area contributed by atoms with E-state index in [4.69, 9.17) is 35.0 Å². The van der Waals surface area contributed by atoms with Gasteiger partial charge in [-0.05, 0) is 52.4 Å². The molecule has 6 atom stereocenters. The predicted octanol–water partition coefficient (Wildman–Crippen LogP) is 12.2. The van der Waals surface area contributed by atoms with Crippen molar-refractivity contribution in [2.45, 2.75) is 137 Å². The van der Waals surface area contributed by atoms with Crippen molar-refractivity contribution in [3.63, 3.8) is 0 Å². The van der Waals surface area contributed by atoms with Gasteiger partial charge in [0.1, 0.15) is 11.7 Å². The fourth-order valence-electron chi connectivity index (χ4n) is 8.24. The summed E-state index contributed by atoms with van der Waals surface area (Å²) in [5.74, 6) is 0. The summed E-state index contributed by atoms with van der Waals surface area (Å²) in [6.07, 6.45) is -0.142. The second-order valence-electron chi connectivity index (χ2n) is 15.7. The quantitative estimate of drug-likeness (QED) is 0.0505. The lowest BCUT2D eigenvalue weighted by Crippen LogP contribution is -2.66. The van der Waals surface area contributed by atoms with E-state index in [1.165, 1.54) is 0 Å². The summed E-state index contributed by atoms with van der Waals surface area (Å²) < 4.78 is 35.3. The van der Waals surface area contributed by atoms with Gasteiger partial charge in [0, 0.05) is 17.7 Å². The molecule has 0 radical (unpaired) electrons. The van der Waals surface area contributed by atoms with Crippen LogP contribution in [0.1, 0.15) is 78.0 Å². The van der Waals surface area contributed by atoms with E-state index in [0.29, 0.717) is 55.9 Å². The molecule has 0 spiro atoms. The van der Waals surface area contributed by atoms with Crippen LogP contribution in [0.25, 0.3) is 0 Å². The topological polar surface area (TPSA) is 46.2 Å². The van der Waals surface area contributed by atoms with Gasteiger partial charge in [0.25, 0.3) is 0 Å². The Morgan fingerprint density at radius 2 is 1.19 bits per heavy atom. The van der Waals surface area contributed by atoms with Crippen molar-refractivity contribution in [1.82, 2.24) is 0 Å².